The van der Waals surface area contributed by atoms with Crippen LogP contribution in [0.1, 0.15) is 55.1 Å². The van der Waals surface area contributed by atoms with E-state index < -0.39 is 0 Å². The number of nitrogens with one attached hydrogen (secondary N) is 1. The van der Waals surface area contributed by atoms with Crippen LogP contribution in [-0.4, -0.2) is 41.1 Å². The molecule has 25 heavy (non-hydrogen) atoms. The molecule has 1 amide bonds. The SMILES string of the molecule is CC(C)N1CCC(C)(CNC(=O)c2cn(C)c(=O)c3c2C=CC3)CC1. The van der Waals surface area contributed by atoms with Crippen LogP contribution in [-0.2, 0) is 13.5 Å². The first-order chi connectivity index (χ1) is 11.8. The third-order valence-electron chi connectivity index (χ3n) is 5.78. The van der Waals surface area contributed by atoms with E-state index in [0.29, 0.717) is 24.6 Å². The van der Waals surface area contributed by atoms with Gasteiger partial charge in [-0.2, -0.15) is 0 Å². The molecule has 0 unspecified atom stereocenters. The number of fused-ring (bicyclic) bond motifs is 1. The van der Waals surface area contributed by atoms with Crippen molar-refractivity contribution in [2.75, 3.05) is 19.6 Å². The van der Waals surface area contributed by atoms with Gasteiger partial charge in [-0.15, -0.1) is 0 Å². The van der Waals surface area contributed by atoms with Gasteiger partial charge in [0.25, 0.3) is 11.5 Å². The molecule has 136 valence electrons. The molecule has 1 N–H and O–H groups in total. The molecule has 1 aromatic heterocycles. The average molecular weight is 343 g/mol. The molecule has 1 fully saturated rings. The summed E-state index contributed by atoms with van der Waals surface area (Å²) in [7, 11) is 1.71. The first-order valence-corrected chi connectivity index (χ1v) is 9.22. The quantitative estimate of drug-likeness (QED) is 0.912. The Morgan fingerprint density at radius 1 is 1.32 bits per heavy atom. The highest BCUT2D eigenvalue weighted by atomic mass is 16.2. The van der Waals surface area contributed by atoms with Crippen molar-refractivity contribution in [1.29, 1.82) is 0 Å². The molecule has 2 aliphatic rings. The Bertz CT molecular complexity index is 753. The number of rotatable bonds is 4. The molecule has 0 radical (unpaired) electrons. The van der Waals surface area contributed by atoms with E-state index in [-0.39, 0.29) is 16.9 Å². The van der Waals surface area contributed by atoms with Gasteiger partial charge in [-0.1, -0.05) is 19.1 Å². The van der Waals surface area contributed by atoms with Gasteiger partial charge in [0.2, 0.25) is 0 Å². The minimum absolute atomic E-state index is 0.00966. The summed E-state index contributed by atoms with van der Waals surface area (Å²) in [6.07, 6.45) is 8.31. The number of hydrogen-bond acceptors (Lipinski definition) is 3. The molecule has 0 aromatic carbocycles. The second-order valence-electron chi connectivity index (χ2n) is 8.08. The number of pyridine rings is 1. The standard InChI is InChI=1S/C20H29N3O2/c1-14(2)23-10-8-20(3,9-11-23)13-21-18(24)17-12-22(4)19(25)16-7-5-6-15(16)17/h5-6,12,14H,7-11,13H2,1-4H3,(H,21,24). The molecule has 0 saturated carbocycles. The van der Waals surface area contributed by atoms with Gasteiger partial charge in [0.1, 0.15) is 0 Å². The summed E-state index contributed by atoms with van der Waals surface area (Å²) in [6, 6.07) is 0.583. The molecule has 1 aliphatic heterocycles. The van der Waals surface area contributed by atoms with Crippen LogP contribution in [0.25, 0.3) is 6.08 Å². The maximum Gasteiger partial charge on any atom is 0.254 e. The first kappa shape index (κ1) is 17.9. The number of likely N-dealkylation sites (tertiary alicyclic amines) is 1. The molecule has 1 aromatic rings. The maximum atomic E-state index is 12.8. The lowest BCUT2D eigenvalue weighted by Crippen LogP contribution is -2.46. The molecule has 5 nitrogen and oxygen atoms in total. The highest BCUT2D eigenvalue weighted by molar-refractivity contribution is 5.98. The number of nitrogens with zero attached hydrogens (tertiary/aromatic N) is 2. The Kier molecular flexibility index (Phi) is 4.87. The minimum Gasteiger partial charge on any atom is -0.351 e. The third kappa shape index (κ3) is 3.56. The van der Waals surface area contributed by atoms with Crippen molar-refractivity contribution >= 4 is 12.0 Å². The summed E-state index contributed by atoms with van der Waals surface area (Å²) in [4.78, 5) is 27.4. The minimum atomic E-state index is -0.0779. The zero-order valence-electron chi connectivity index (χ0n) is 15.8. The van der Waals surface area contributed by atoms with Gasteiger partial charge in [0, 0.05) is 31.4 Å². The summed E-state index contributed by atoms with van der Waals surface area (Å²) in [5.74, 6) is -0.0779. The van der Waals surface area contributed by atoms with Crippen LogP contribution in [0.5, 0.6) is 0 Å². The van der Waals surface area contributed by atoms with Crippen molar-refractivity contribution in [3.8, 4) is 0 Å². The fourth-order valence-corrected chi connectivity index (χ4v) is 3.82. The Morgan fingerprint density at radius 3 is 2.64 bits per heavy atom. The molecule has 0 spiro atoms. The highest BCUT2D eigenvalue weighted by Crippen LogP contribution is 2.31. The summed E-state index contributed by atoms with van der Waals surface area (Å²) in [5.41, 5.74) is 2.26. The van der Waals surface area contributed by atoms with E-state index in [1.807, 2.05) is 12.2 Å². The highest BCUT2D eigenvalue weighted by Gasteiger charge is 2.31. The number of piperidine rings is 1. The number of aromatic nitrogens is 1. The second kappa shape index (κ2) is 6.79. The van der Waals surface area contributed by atoms with E-state index >= 15 is 0 Å². The van der Waals surface area contributed by atoms with Crippen LogP contribution in [0.2, 0.25) is 0 Å². The summed E-state index contributed by atoms with van der Waals surface area (Å²) >= 11 is 0. The predicted molar refractivity (Wildman–Crippen MR) is 101 cm³/mol. The maximum absolute atomic E-state index is 12.8. The number of allylic oxidation sites excluding steroid dienone is 1. The molecule has 3 rings (SSSR count). The topological polar surface area (TPSA) is 54.3 Å². The van der Waals surface area contributed by atoms with Crippen molar-refractivity contribution < 1.29 is 4.79 Å². The van der Waals surface area contributed by atoms with Crippen LogP contribution in [0.3, 0.4) is 0 Å². The Balaban J connectivity index is 1.68. The number of carbonyl (C=O) groups is 1. The summed E-state index contributed by atoms with van der Waals surface area (Å²) in [6.45, 7) is 9.58. The first-order valence-electron chi connectivity index (χ1n) is 9.22. The molecular formula is C20H29N3O2. The van der Waals surface area contributed by atoms with E-state index in [4.69, 9.17) is 0 Å². The Morgan fingerprint density at radius 2 is 2.00 bits per heavy atom. The van der Waals surface area contributed by atoms with Crippen LogP contribution in [0.15, 0.2) is 17.1 Å². The predicted octanol–water partition coefficient (Wildman–Crippen LogP) is 2.19. The van der Waals surface area contributed by atoms with Crippen molar-refractivity contribution in [2.24, 2.45) is 12.5 Å². The molecule has 5 heteroatoms. The summed E-state index contributed by atoms with van der Waals surface area (Å²) in [5, 5.41) is 3.12. The number of carbonyl (C=O) groups excluding carboxylic acids is 1. The van der Waals surface area contributed by atoms with Gasteiger partial charge in [0.15, 0.2) is 0 Å². The molecule has 0 atom stereocenters. The van der Waals surface area contributed by atoms with Gasteiger partial charge >= 0.3 is 0 Å². The van der Waals surface area contributed by atoms with Crippen LogP contribution < -0.4 is 10.9 Å². The lowest BCUT2D eigenvalue weighted by molar-refractivity contribution is 0.0805. The van der Waals surface area contributed by atoms with Gasteiger partial charge in [0.05, 0.1) is 5.56 Å². The smallest absolute Gasteiger partial charge is 0.254 e. The van der Waals surface area contributed by atoms with E-state index in [9.17, 15) is 9.59 Å². The fraction of sp³-hybridized carbons (Fsp3) is 0.600. The van der Waals surface area contributed by atoms with Crippen LogP contribution in [0.4, 0.5) is 0 Å². The fourth-order valence-electron chi connectivity index (χ4n) is 3.82. The average Bonchev–Trinajstić information content (AvgIpc) is 3.06. The van der Waals surface area contributed by atoms with Gasteiger partial charge in [-0.25, -0.2) is 0 Å². The summed E-state index contributed by atoms with van der Waals surface area (Å²) < 4.78 is 1.52. The number of amides is 1. The van der Waals surface area contributed by atoms with Gasteiger partial charge < -0.3 is 14.8 Å². The second-order valence-corrected chi connectivity index (χ2v) is 8.08. The normalized spacial score (nSPS) is 19.2. The zero-order chi connectivity index (χ0) is 18.2. The molecule has 1 aliphatic carbocycles. The zero-order valence-corrected chi connectivity index (χ0v) is 15.8. The van der Waals surface area contributed by atoms with E-state index in [1.54, 1.807) is 13.2 Å². The van der Waals surface area contributed by atoms with Crippen molar-refractivity contribution in [3.63, 3.8) is 0 Å². The van der Waals surface area contributed by atoms with Crippen molar-refractivity contribution in [3.05, 3.63) is 39.3 Å². The number of aryl methyl sites for hydroxylation is 1. The molecule has 0 bridgehead atoms. The van der Waals surface area contributed by atoms with E-state index in [1.165, 1.54) is 4.57 Å². The molecule has 2 heterocycles. The largest absolute Gasteiger partial charge is 0.351 e. The monoisotopic (exact) mass is 343 g/mol. The Hall–Kier alpha value is -1.88. The van der Waals surface area contributed by atoms with Crippen LogP contribution in [0, 0.1) is 5.41 Å². The van der Waals surface area contributed by atoms with Gasteiger partial charge in [-0.3, -0.25) is 9.59 Å². The van der Waals surface area contributed by atoms with Gasteiger partial charge in [-0.05, 0) is 57.2 Å². The van der Waals surface area contributed by atoms with E-state index in [2.05, 4.69) is 31.0 Å². The van der Waals surface area contributed by atoms with Crippen molar-refractivity contribution in [2.45, 2.75) is 46.1 Å². The van der Waals surface area contributed by atoms with Crippen LogP contribution >= 0.6 is 0 Å². The third-order valence-corrected chi connectivity index (χ3v) is 5.78. The van der Waals surface area contributed by atoms with Crippen molar-refractivity contribution in [1.82, 2.24) is 14.8 Å². The molecule has 1 saturated heterocycles. The van der Waals surface area contributed by atoms with E-state index in [0.717, 1.165) is 37.1 Å². The lowest BCUT2D eigenvalue weighted by Gasteiger charge is -2.41. The Labute approximate surface area is 149 Å². The molecular weight excluding hydrogens is 314 g/mol. The number of hydrogen-bond donors (Lipinski definition) is 1. The lowest BCUT2D eigenvalue weighted by atomic mass is 9.80.